The number of amides is 1. The van der Waals surface area contributed by atoms with E-state index in [1.807, 2.05) is 0 Å². The number of hydrogen-bond acceptors (Lipinski definition) is 4. The van der Waals surface area contributed by atoms with Crippen molar-refractivity contribution in [2.45, 2.75) is 6.04 Å². The molecule has 1 unspecified atom stereocenters. The van der Waals surface area contributed by atoms with Crippen molar-refractivity contribution in [2.75, 3.05) is 32.1 Å². The third-order valence-electron chi connectivity index (χ3n) is 3.22. The molecule has 1 heterocycles. The molecule has 6 heteroatoms. The fourth-order valence-corrected chi connectivity index (χ4v) is 2.11. The summed E-state index contributed by atoms with van der Waals surface area (Å²) in [6, 6.07) is 6.31. The van der Waals surface area contributed by atoms with Gasteiger partial charge < -0.3 is 19.6 Å². The number of carbonyl (C=O) groups excluding carboxylic acids is 1. The lowest BCUT2D eigenvalue weighted by atomic mass is 10.1. The fraction of sp³-hybridized carbons (Fsp3) is 0.385. The van der Waals surface area contributed by atoms with Gasteiger partial charge in [0.25, 0.3) is 0 Å². The minimum absolute atomic E-state index is 0.0562. The smallest absolute Gasteiger partial charge is 0.328 e. The topological polar surface area (TPSA) is 70.1 Å². The Morgan fingerprint density at radius 1 is 1.47 bits per heavy atom. The van der Waals surface area contributed by atoms with Crippen LogP contribution < -0.4 is 9.64 Å². The van der Waals surface area contributed by atoms with Gasteiger partial charge in [0, 0.05) is 18.8 Å². The Balaban J connectivity index is 2.33. The summed E-state index contributed by atoms with van der Waals surface area (Å²) in [5.74, 6) is -0.407. The molecule has 2 rings (SSSR count). The highest BCUT2D eigenvalue weighted by molar-refractivity contribution is 5.89. The summed E-state index contributed by atoms with van der Waals surface area (Å²) in [6.45, 7) is 0.228. The van der Waals surface area contributed by atoms with E-state index in [-0.39, 0.29) is 19.0 Å². The van der Waals surface area contributed by atoms with Crippen molar-refractivity contribution < 1.29 is 19.4 Å². The number of nitrogens with zero attached hydrogens (tertiary/aromatic N) is 2. The first kappa shape index (κ1) is 13.2. The standard InChI is InChI=1S/C13H16N2O4/c1-14-7-11(13(17)18)15(8-12(14)16)9-4-3-5-10(6-9)19-2/h3-6,11H,7-8H2,1-2H3,(H,17,18). The second kappa shape index (κ2) is 5.17. The van der Waals surface area contributed by atoms with Gasteiger partial charge in [-0.15, -0.1) is 0 Å². The van der Waals surface area contributed by atoms with Gasteiger partial charge in [0.05, 0.1) is 20.2 Å². The first-order valence-electron chi connectivity index (χ1n) is 5.90. The van der Waals surface area contributed by atoms with E-state index in [1.165, 1.54) is 4.90 Å². The molecule has 1 saturated heterocycles. The van der Waals surface area contributed by atoms with E-state index < -0.39 is 12.0 Å². The van der Waals surface area contributed by atoms with Crippen molar-refractivity contribution in [2.24, 2.45) is 0 Å². The third-order valence-corrected chi connectivity index (χ3v) is 3.22. The lowest BCUT2D eigenvalue weighted by Crippen LogP contribution is -2.58. The maximum atomic E-state index is 11.8. The highest BCUT2D eigenvalue weighted by Crippen LogP contribution is 2.25. The summed E-state index contributed by atoms with van der Waals surface area (Å²) in [4.78, 5) is 26.1. The van der Waals surface area contributed by atoms with Gasteiger partial charge in [0.15, 0.2) is 0 Å². The molecule has 19 heavy (non-hydrogen) atoms. The van der Waals surface area contributed by atoms with Gasteiger partial charge in [-0.2, -0.15) is 0 Å². The number of carboxylic acids is 1. The van der Waals surface area contributed by atoms with E-state index in [2.05, 4.69) is 0 Å². The number of carbonyl (C=O) groups is 2. The van der Waals surface area contributed by atoms with E-state index in [0.29, 0.717) is 11.4 Å². The average Bonchev–Trinajstić information content (AvgIpc) is 2.41. The largest absolute Gasteiger partial charge is 0.497 e. The zero-order valence-corrected chi connectivity index (χ0v) is 10.9. The Kier molecular flexibility index (Phi) is 3.59. The monoisotopic (exact) mass is 264 g/mol. The summed E-state index contributed by atoms with van der Waals surface area (Å²) in [6.07, 6.45) is 0. The van der Waals surface area contributed by atoms with Crippen LogP contribution in [-0.2, 0) is 9.59 Å². The quantitative estimate of drug-likeness (QED) is 0.857. The van der Waals surface area contributed by atoms with E-state index in [0.717, 1.165) is 0 Å². The molecule has 1 amide bonds. The normalized spacial score (nSPS) is 19.5. The number of benzene rings is 1. The number of piperazine rings is 1. The lowest BCUT2D eigenvalue weighted by molar-refractivity contribution is -0.141. The SMILES string of the molecule is COc1cccc(N2CC(=O)N(C)CC2C(=O)O)c1. The van der Waals surface area contributed by atoms with Gasteiger partial charge in [0.1, 0.15) is 11.8 Å². The van der Waals surface area contributed by atoms with Crippen LogP contribution in [0.3, 0.4) is 0 Å². The van der Waals surface area contributed by atoms with Crippen molar-refractivity contribution >= 4 is 17.6 Å². The molecule has 102 valence electrons. The minimum atomic E-state index is -0.942. The van der Waals surface area contributed by atoms with Crippen LogP contribution in [0, 0.1) is 0 Å². The lowest BCUT2D eigenvalue weighted by Gasteiger charge is -2.38. The third kappa shape index (κ3) is 2.62. The van der Waals surface area contributed by atoms with E-state index >= 15 is 0 Å². The zero-order chi connectivity index (χ0) is 14.0. The Hall–Kier alpha value is -2.24. The molecular formula is C13H16N2O4. The summed E-state index contributed by atoms with van der Waals surface area (Å²) in [5, 5.41) is 9.29. The van der Waals surface area contributed by atoms with Crippen LogP contribution >= 0.6 is 0 Å². The molecular weight excluding hydrogens is 248 g/mol. The van der Waals surface area contributed by atoms with Crippen molar-refractivity contribution in [1.82, 2.24) is 4.90 Å². The Labute approximate surface area is 111 Å². The minimum Gasteiger partial charge on any atom is -0.497 e. The molecule has 0 bridgehead atoms. The first-order chi connectivity index (χ1) is 9.02. The maximum Gasteiger partial charge on any atom is 0.328 e. The van der Waals surface area contributed by atoms with E-state index in [1.54, 1.807) is 43.3 Å². The number of aliphatic carboxylic acids is 1. The number of carboxylic acid groups (broad SMARTS) is 1. The second-order valence-electron chi connectivity index (χ2n) is 4.46. The first-order valence-corrected chi connectivity index (χ1v) is 5.90. The van der Waals surface area contributed by atoms with Crippen molar-refractivity contribution in [3.05, 3.63) is 24.3 Å². The second-order valence-corrected chi connectivity index (χ2v) is 4.46. The zero-order valence-electron chi connectivity index (χ0n) is 10.9. The molecule has 0 aliphatic carbocycles. The van der Waals surface area contributed by atoms with Gasteiger partial charge in [-0.25, -0.2) is 4.79 Å². The molecule has 0 aromatic heterocycles. The van der Waals surface area contributed by atoms with Crippen molar-refractivity contribution in [3.8, 4) is 5.75 Å². The van der Waals surface area contributed by atoms with Crippen LogP contribution in [0.4, 0.5) is 5.69 Å². The average molecular weight is 264 g/mol. The van der Waals surface area contributed by atoms with Crippen molar-refractivity contribution in [1.29, 1.82) is 0 Å². The Morgan fingerprint density at radius 3 is 2.84 bits per heavy atom. The Bertz CT molecular complexity index is 503. The fourth-order valence-electron chi connectivity index (χ4n) is 2.11. The molecule has 0 saturated carbocycles. The highest BCUT2D eigenvalue weighted by atomic mass is 16.5. The predicted octanol–water partition coefficient (Wildman–Crippen LogP) is 0.427. The van der Waals surface area contributed by atoms with Crippen LogP contribution in [0.25, 0.3) is 0 Å². The summed E-state index contributed by atoms with van der Waals surface area (Å²) in [7, 11) is 3.16. The van der Waals surface area contributed by atoms with Gasteiger partial charge in [-0.1, -0.05) is 6.07 Å². The number of rotatable bonds is 3. The van der Waals surface area contributed by atoms with E-state index in [4.69, 9.17) is 4.74 Å². The van der Waals surface area contributed by atoms with Gasteiger partial charge in [-0.3, -0.25) is 4.79 Å². The van der Waals surface area contributed by atoms with E-state index in [9.17, 15) is 14.7 Å². The predicted molar refractivity (Wildman–Crippen MR) is 69.4 cm³/mol. The van der Waals surface area contributed by atoms with Crippen LogP contribution in [0.5, 0.6) is 5.75 Å². The highest BCUT2D eigenvalue weighted by Gasteiger charge is 2.35. The van der Waals surface area contributed by atoms with Crippen LogP contribution in [0.1, 0.15) is 0 Å². The number of hydrogen-bond donors (Lipinski definition) is 1. The number of anilines is 1. The molecule has 1 N–H and O–H groups in total. The Morgan fingerprint density at radius 2 is 2.21 bits per heavy atom. The summed E-state index contributed by atoms with van der Waals surface area (Å²) < 4.78 is 5.12. The number of methoxy groups -OCH3 is 1. The maximum absolute atomic E-state index is 11.8. The van der Waals surface area contributed by atoms with Crippen LogP contribution in [-0.4, -0.2) is 55.2 Å². The summed E-state index contributed by atoms with van der Waals surface area (Å²) >= 11 is 0. The van der Waals surface area contributed by atoms with Gasteiger partial charge >= 0.3 is 5.97 Å². The number of ether oxygens (including phenoxy) is 1. The molecule has 0 spiro atoms. The molecule has 0 radical (unpaired) electrons. The van der Waals surface area contributed by atoms with Gasteiger partial charge in [-0.05, 0) is 12.1 Å². The van der Waals surface area contributed by atoms with Gasteiger partial charge in [0.2, 0.25) is 5.91 Å². The molecule has 1 aliphatic heterocycles. The molecule has 1 atom stereocenters. The van der Waals surface area contributed by atoms with Crippen molar-refractivity contribution in [3.63, 3.8) is 0 Å². The van der Waals surface area contributed by atoms with Crippen LogP contribution in [0.2, 0.25) is 0 Å². The molecule has 1 aromatic carbocycles. The molecule has 1 aromatic rings. The molecule has 6 nitrogen and oxygen atoms in total. The van der Waals surface area contributed by atoms with Crippen LogP contribution in [0.15, 0.2) is 24.3 Å². The molecule has 1 fully saturated rings. The number of likely N-dealkylation sites (N-methyl/N-ethyl adjacent to an activating group) is 1. The molecule has 1 aliphatic rings. The summed E-state index contributed by atoms with van der Waals surface area (Å²) in [5.41, 5.74) is 0.674.